The van der Waals surface area contributed by atoms with Crippen LogP contribution in [0.5, 0.6) is 5.88 Å². The number of primary amides is 1. The molecule has 1 aliphatic rings. The average Bonchev–Trinajstić information content (AvgIpc) is 3.24. The average molecular weight is 538 g/mol. The van der Waals surface area contributed by atoms with Gasteiger partial charge in [0.05, 0.1) is 37.3 Å². The number of nitrogens with two attached hydrogens (primary N) is 1. The molecule has 3 N–H and O–H groups in total. The van der Waals surface area contributed by atoms with Crippen molar-refractivity contribution in [3.05, 3.63) is 29.2 Å². The fourth-order valence-electron chi connectivity index (χ4n) is 4.08. The van der Waals surface area contributed by atoms with Crippen molar-refractivity contribution in [3.63, 3.8) is 0 Å². The number of piperazine rings is 1. The molecule has 0 radical (unpaired) electrons. The second kappa shape index (κ2) is 12.4. The Morgan fingerprint density at radius 3 is 2.43 bits per heavy atom. The van der Waals surface area contributed by atoms with Crippen LogP contribution in [0.25, 0.3) is 0 Å². The summed E-state index contributed by atoms with van der Waals surface area (Å²) in [7, 11) is -2.37. The largest absolute Gasteiger partial charge is 0.477 e. The van der Waals surface area contributed by atoms with E-state index in [2.05, 4.69) is 20.3 Å². The van der Waals surface area contributed by atoms with Crippen LogP contribution in [0.4, 0.5) is 5.69 Å². The summed E-state index contributed by atoms with van der Waals surface area (Å²) in [5.74, 6) is -1.50. The minimum atomic E-state index is -3.89. The van der Waals surface area contributed by atoms with Crippen LogP contribution in [0.2, 0.25) is 0 Å². The molecule has 3 rings (SSSR count). The Balaban J connectivity index is 1.98. The second-order valence-corrected chi connectivity index (χ2v) is 10.3. The van der Waals surface area contributed by atoms with E-state index in [9.17, 15) is 18.0 Å². The molecule has 3 heterocycles. The van der Waals surface area contributed by atoms with E-state index >= 15 is 0 Å². The number of methoxy groups -OCH3 is 1. The van der Waals surface area contributed by atoms with E-state index in [4.69, 9.17) is 15.2 Å². The third-order valence-corrected chi connectivity index (χ3v) is 7.97. The standard InChI is InChI=1S/C23H35N7O6S/c1-5-18-19(20(21(24)31)30(27-18)12-13-35-4)26-22(32)17-14-16(15-25-23(17)36-7-3)37(33,34)29-10-8-28(6-2)9-11-29/h14-15H,5-13H2,1-4H3,(H2,24,31)(H,26,32). The predicted octanol–water partition coefficient (Wildman–Crippen LogP) is 0.563. The molecule has 2 amide bonds. The summed E-state index contributed by atoms with van der Waals surface area (Å²) in [6.07, 6.45) is 1.60. The summed E-state index contributed by atoms with van der Waals surface area (Å²) in [4.78, 5) is 31.9. The molecule has 0 spiro atoms. The number of aryl methyl sites for hydroxylation is 1. The maximum Gasteiger partial charge on any atom is 0.269 e. The van der Waals surface area contributed by atoms with Gasteiger partial charge in [0.25, 0.3) is 11.8 Å². The Morgan fingerprint density at radius 2 is 1.86 bits per heavy atom. The van der Waals surface area contributed by atoms with E-state index in [0.717, 1.165) is 6.54 Å². The number of aromatic nitrogens is 3. The third kappa shape index (κ3) is 6.26. The molecule has 0 saturated carbocycles. The third-order valence-electron chi connectivity index (χ3n) is 6.11. The van der Waals surface area contributed by atoms with Gasteiger partial charge in [-0.05, 0) is 26.0 Å². The lowest BCUT2D eigenvalue weighted by Gasteiger charge is -2.33. The van der Waals surface area contributed by atoms with Gasteiger partial charge in [-0.15, -0.1) is 0 Å². The zero-order valence-corrected chi connectivity index (χ0v) is 22.5. The van der Waals surface area contributed by atoms with Crippen LogP contribution in [0.15, 0.2) is 17.2 Å². The zero-order chi connectivity index (χ0) is 27.2. The van der Waals surface area contributed by atoms with Crippen molar-refractivity contribution in [2.24, 2.45) is 5.73 Å². The molecule has 2 aromatic heterocycles. The molecule has 0 bridgehead atoms. The number of likely N-dealkylation sites (N-methyl/N-ethyl adjacent to an activating group) is 1. The molecule has 0 aliphatic carbocycles. The molecule has 1 saturated heterocycles. The highest BCUT2D eigenvalue weighted by Crippen LogP contribution is 2.27. The lowest BCUT2D eigenvalue weighted by Crippen LogP contribution is -2.48. The number of anilines is 1. The number of carbonyl (C=O) groups is 2. The topological polar surface area (TPSA) is 162 Å². The fourth-order valence-corrected chi connectivity index (χ4v) is 5.48. The number of rotatable bonds is 12. The molecule has 204 valence electrons. The number of sulfonamides is 1. The second-order valence-electron chi connectivity index (χ2n) is 8.35. The molecular formula is C23H35N7O6S. The number of carbonyl (C=O) groups excluding carboxylic acids is 2. The first-order valence-electron chi connectivity index (χ1n) is 12.2. The van der Waals surface area contributed by atoms with E-state index < -0.39 is 21.8 Å². The Labute approximate surface area is 217 Å². The van der Waals surface area contributed by atoms with E-state index in [-0.39, 0.29) is 47.5 Å². The molecule has 13 nitrogen and oxygen atoms in total. The predicted molar refractivity (Wildman–Crippen MR) is 136 cm³/mol. The Morgan fingerprint density at radius 1 is 1.16 bits per heavy atom. The van der Waals surface area contributed by atoms with Crippen molar-refractivity contribution >= 4 is 27.5 Å². The first-order valence-corrected chi connectivity index (χ1v) is 13.7. The van der Waals surface area contributed by atoms with Gasteiger partial charge in [0, 0.05) is 33.3 Å². The molecule has 2 aromatic rings. The number of amides is 2. The molecule has 37 heavy (non-hydrogen) atoms. The molecule has 0 unspecified atom stereocenters. The van der Waals surface area contributed by atoms with Crippen LogP contribution in [0.3, 0.4) is 0 Å². The highest BCUT2D eigenvalue weighted by Gasteiger charge is 2.31. The van der Waals surface area contributed by atoms with E-state index in [1.807, 2.05) is 13.8 Å². The minimum absolute atomic E-state index is 0.0192. The van der Waals surface area contributed by atoms with Crippen molar-refractivity contribution in [2.75, 3.05) is 58.4 Å². The summed E-state index contributed by atoms with van der Waals surface area (Å²) in [5.41, 5.74) is 6.15. The van der Waals surface area contributed by atoms with Crippen LogP contribution < -0.4 is 15.8 Å². The maximum atomic E-state index is 13.5. The molecule has 0 aromatic carbocycles. The molecule has 1 aliphatic heterocycles. The van der Waals surface area contributed by atoms with Gasteiger partial charge in [0.2, 0.25) is 15.9 Å². The van der Waals surface area contributed by atoms with Crippen molar-refractivity contribution in [2.45, 2.75) is 38.6 Å². The van der Waals surface area contributed by atoms with Crippen LogP contribution >= 0.6 is 0 Å². The first-order chi connectivity index (χ1) is 17.7. The number of pyridine rings is 1. The first kappa shape index (κ1) is 28.5. The number of hydrogen-bond donors (Lipinski definition) is 2. The highest BCUT2D eigenvalue weighted by molar-refractivity contribution is 7.89. The monoisotopic (exact) mass is 537 g/mol. The lowest BCUT2D eigenvalue weighted by molar-refractivity contribution is 0.0987. The van der Waals surface area contributed by atoms with Gasteiger partial charge in [0.15, 0.2) is 0 Å². The molecule has 1 fully saturated rings. The summed E-state index contributed by atoms with van der Waals surface area (Å²) in [5, 5.41) is 7.09. The summed E-state index contributed by atoms with van der Waals surface area (Å²) in [6.45, 7) is 9.08. The van der Waals surface area contributed by atoms with Gasteiger partial charge in [-0.25, -0.2) is 13.4 Å². The number of ether oxygens (including phenoxy) is 2. The summed E-state index contributed by atoms with van der Waals surface area (Å²) in [6, 6.07) is 1.25. The SMILES string of the molecule is CCOc1ncc(S(=O)(=O)N2CCN(CC)CC2)cc1C(=O)Nc1c(CC)nn(CCOC)c1C(N)=O. The Kier molecular flexibility index (Phi) is 9.59. The van der Waals surface area contributed by atoms with Gasteiger partial charge >= 0.3 is 0 Å². The van der Waals surface area contributed by atoms with Crippen molar-refractivity contribution in [1.82, 2.24) is 24.0 Å². The zero-order valence-electron chi connectivity index (χ0n) is 21.7. The number of nitrogens with one attached hydrogen (secondary N) is 1. The molecular weight excluding hydrogens is 502 g/mol. The van der Waals surface area contributed by atoms with Crippen LogP contribution in [0, 0.1) is 0 Å². The quantitative estimate of drug-likeness (QED) is 0.394. The van der Waals surface area contributed by atoms with Crippen LogP contribution in [-0.4, -0.2) is 97.2 Å². The lowest BCUT2D eigenvalue weighted by atomic mass is 10.2. The fraction of sp³-hybridized carbons (Fsp3) is 0.565. The van der Waals surface area contributed by atoms with E-state index in [1.54, 1.807) is 6.92 Å². The number of hydrogen-bond acceptors (Lipinski definition) is 9. The normalized spacial score (nSPS) is 15.0. The summed E-state index contributed by atoms with van der Waals surface area (Å²) < 4.78 is 40.0. The number of nitrogens with zero attached hydrogens (tertiary/aromatic N) is 5. The van der Waals surface area contributed by atoms with Crippen LogP contribution in [0.1, 0.15) is 47.3 Å². The van der Waals surface area contributed by atoms with Gasteiger partial charge in [0.1, 0.15) is 16.2 Å². The van der Waals surface area contributed by atoms with Crippen LogP contribution in [-0.2, 0) is 27.7 Å². The molecule has 14 heteroatoms. The Hall–Kier alpha value is -3.07. The van der Waals surface area contributed by atoms with Crippen molar-refractivity contribution in [3.8, 4) is 5.88 Å². The maximum absolute atomic E-state index is 13.5. The van der Waals surface area contributed by atoms with E-state index in [1.165, 1.54) is 28.4 Å². The van der Waals surface area contributed by atoms with Gasteiger partial charge in [-0.3, -0.25) is 14.3 Å². The van der Waals surface area contributed by atoms with Gasteiger partial charge < -0.3 is 25.4 Å². The van der Waals surface area contributed by atoms with Gasteiger partial charge in [-0.2, -0.15) is 9.40 Å². The minimum Gasteiger partial charge on any atom is -0.477 e. The smallest absolute Gasteiger partial charge is 0.269 e. The van der Waals surface area contributed by atoms with E-state index in [0.29, 0.717) is 38.3 Å². The Bertz CT molecular complexity index is 1220. The van der Waals surface area contributed by atoms with Crippen molar-refractivity contribution < 1.29 is 27.5 Å². The van der Waals surface area contributed by atoms with Crippen molar-refractivity contribution in [1.29, 1.82) is 0 Å². The summed E-state index contributed by atoms with van der Waals surface area (Å²) >= 11 is 0. The molecule has 0 atom stereocenters. The highest BCUT2D eigenvalue weighted by atomic mass is 32.2. The van der Waals surface area contributed by atoms with Gasteiger partial charge in [-0.1, -0.05) is 13.8 Å².